The molecule has 0 spiro atoms. The molecule has 1 aliphatic rings. The summed E-state index contributed by atoms with van der Waals surface area (Å²) in [6.45, 7) is 6.30. The van der Waals surface area contributed by atoms with Crippen LogP contribution in [-0.4, -0.2) is 40.3 Å². The largest absolute Gasteiger partial charge is 0.692 e. The molecule has 1 aromatic rings. The standard InChI is InChI=1S/C14H22ClO5PSSi.HO3P/c1-23(2,3)20-13(21(16,17)18)9-10-7-8-19-11-5-4-6-12(22-15)14(10)11;1-4(2)3/h4-6,10,13H,7-9H2,1-3H3,(H2,16,17,18);(H-,1,2,3)/p+1. The molecule has 0 radical (unpaired) electrons. The van der Waals surface area contributed by atoms with Crippen molar-refractivity contribution in [1.29, 1.82) is 0 Å². The van der Waals surface area contributed by atoms with Gasteiger partial charge in [-0.05, 0) is 72.2 Å². The molecule has 0 aliphatic carbocycles. The van der Waals surface area contributed by atoms with Gasteiger partial charge in [0.05, 0.1) is 6.61 Å². The molecule has 2 atom stereocenters. The maximum atomic E-state index is 11.9. The molecule has 4 N–H and O–H groups in total. The minimum atomic E-state index is -4.34. The summed E-state index contributed by atoms with van der Waals surface area (Å²) in [6, 6.07) is 5.62. The van der Waals surface area contributed by atoms with Crippen LogP contribution >= 0.6 is 37.5 Å². The first-order valence-electron chi connectivity index (χ1n) is 7.97. The lowest BCUT2D eigenvalue weighted by molar-refractivity contribution is 0.183. The van der Waals surface area contributed by atoms with E-state index < -0.39 is 30.0 Å². The van der Waals surface area contributed by atoms with Gasteiger partial charge in [-0.15, -0.1) is 9.79 Å². The molecular formula is C14H24ClO8P2SSi+. The van der Waals surface area contributed by atoms with Gasteiger partial charge in [0.15, 0.2) is 8.32 Å². The number of rotatable bonds is 6. The van der Waals surface area contributed by atoms with Gasteiger partial charge in [-0.25, -0.2) is 0 Å². The molecular weight excluding hydrogens is 454 g/mol. The molecule has 8 nitrogen and oxygen atoms in total. The van der Waals surface area contributed by atoms with Gasteiger partial charge in [0.25, 0.3) is 0 Å². The molecule has 0 saturated carbocycles. The Morgan fingerprint density at radius 3 is 2.48 bits per heavy atom. The van der Waals surface area contributed by atoms with Crippen LogP contribution in [0.15, 0.2) is 23.1 Å². The summed E-state index contributed by atoms with van der Waals surface area (Å²) in [6.07, 6.45) is 0.951. The maximum Gasteiger partial charge on any atom is 0.692 e. The van der Waals surface area contributed by atoms with Crippen molar-refractivity contribution >= 4 is 45.8 Å². The fourth-order valence-electron chi connectivity index (χ4n) is 2.72. The number of hydrogen-bond donors (Lipinski definition) is 4. The summed E-state index contributed by atoms with van der Waals surface area (Å²) in [5.41, 5.74) is 0.927. The molecule has 1 aromatic carbocycles. The smallest absolute Gasteiger partial charge is 0.493 e. The van der Waals surface area contributed by atoms with E-state index in [9.17, 15) is 14.4 Å². The van der Waals surface area contributed by atoms with Gasteiger partial charge >= 0.3 is 15.9 Å². The summed E-state index contributed by atoms with van der Waals surface area (Å²) < 4.78 is 32.0. The first-order chi connectivity index (χ1) is 12.3. The lowest BCUT2D eigenvalue weighted by atomic mass is 9.90. The molecule has 13 heteroatoms. The Labute approximate surface area is 169 Å². The van der Waals surface area contributed by atoms with Crippen molar-refractivity contribution in [3.63, 3.8) is 0 Å². The molecule has 154 valence electrons. The third-order valence-corrected chi connectivity index (χ3v) is 6.87. The summed E-state index contributed by atoms with van der Waals surface area (Å²) in [5.74, 6) is -0.391. The highest BCUT2D eigenvalue weighted by molar-refractivity contribution is 8.21. The number of ether oxygens (including phenoxy) is 1. The number of hydrogen-bond acceptors (Lipinski definition) is 5. The lowest BCUT2D eigenvalue weighted by Gasteiger charge is -2.33. The number of halogens is 1. The van der Waals surface area contributed by atoms with Gasteiger partial charge in [-0.1, -0.05) is 6.07 Å². The van der Waals surface area contributed by atoms with Crippen LogP contribution in [0.25, 0.3) is 0 Å². The molecule has 2 rings (SSSR count). The monoisotopic (exact) mass is 477 g/mol. The quantitative estimate of drug-likeness (QED) is 0.351. The van der Waals surface area contributed by atoms with Gasteiger partial charge in [0.1, 0.15) is 11.6 Å². The average molecular weight is 478 g/mol. The maximum absolute atomic E-state index is 11.9. The van der Waals surface area contributed by atoms with Gasteiger partial charge in [0.2, 0.25) is 0 Å². The van der Waals surface area contributed by atoms with Crippen LogP contribution in [-0.2, 0) is 13.6 Å². The van der Waals surface area contributed by atoms with E-state index in [-0.39, 0.29) is 12.3 Å². The summed E-state index contributed by atoms with van der Waals surface area (Å²) in [7, 11) is -2.25. The zero-order valence-electron chi connectivity index (χ0n) is 15.1. The SMILES string of the molecule is C[Si](C)(C)OC(CC1CCOc2cccc(SCl)c21)P(=O)(O)O.O=[P+](O)O. The van der Waals surface area contributed by atoms with E-state index in [0.29, 0.717) is 13.0 Å². The first-order valence-corrected chi connectivity index (χ1v) is 15.9. The van der Waals surface area contributed by atoms with Crippen molar-refractivity contribution in [2.45, 2.75) is 49.1 Å². The summed E-state index contributed by atoms with van der Waals surface area (Å²) in [4.78, 5) is 34.5. The van der Waals surface area contributed by atoms with Crippen molar-refractivity contribution in [3.8, 4) is 5.75 Å². The predicted molar refractivity (Wildman–Crippen MR) is 108 cm³/mol. The highest BCUT2D eigenvalue weighted by atomic mass is 35.7. The summed E-state index contributed by atoms with van der Waals surface area (Å²) >= 11 is 0. The van der Waals surface area contributed by atoms with E-state index in [1.54, 1.807) is 0 Å². The normalized spacial score (nSPS) is 17.9. The average Bonchev–Trinajstić information content (AvgIpc) is 2.51. The Hall–Kier alpha value is 0.00688. The van der Waals surface area contributed by atoms with Gasteiger partial charge in [-0.3, -0.25) is 4.57 Å². The van der Waals surface area contributed by atoms with Crippen molar-refractivity contribution < 1.29 is 37.9 Å². The van der Waals surface area contributed by atoms with Gasteiger partial charge in [-0.2, -0.15) is 0 Å². The summed E-state index contributed by atoms with van der Waals surface area (Å²) in [5, 5.41) is 0. The minimum absolute atomic E-state index is 0.0461. The zero-order chi connectivity index (χ0) is 20.8. The van der Waals surface area contributed by atoms with E-state index in [1.165, 1.54) is 0 Å². The van der Waals surface area contributed by atoms with E-state index in [0.717, 1.165) is 27.2 Å². The Balaban J connectivity index is 0.000000828. The van der Waals surface area contributed by atoms with Crippen molar-refractivity contribution in [2.75, 3.05) is 6.61 Å². The van der Waals surface area contributed by atoms with E-state index in [2.05, 4.69) is 0 Å². The first kappa shape index (κ1) is 25.0. The molecule has 0 fully saturated rings. The van der Waals surface area contributed by atoms with Gasteiger partial charge < -0.3 is 18.9 Å². The van der Waals surface area contributed by atoms with E-state index in [4.69, 9.17) is 34.2 Å². The molecule has 0 bridgehead atoms. The van der Waals surface area contributed by atoms with Crippen molar-refractivity contribution in [2.24, 2.45) is 0 Å². The Morgan fingerprint density at radius 1 is 1.41 bits per heavy atom. The third-order valence-electron chi connectivity index (χ3n) is 3.59. The van der Waals surface area contributed by atoms with Crippen molar-refractivity contribution in [3.05, 3.63) is 23.8 Å². The van der Waals surface area contributed by atoms with E-state index >= 15 is 0 Å². The molecule has 0 saturated heterocycles. The molecule has 1 aliphatic heterocycles. The number of benzene rings is 1. The Morgan fingerprint density at radius 2 is 2.00 bits per heavy atom. The Kier molecular flexibility index (Phi) is 9.91. The lowest BCUT2D eigenvalue weighted by Crippen LogP contribution is -2.33. The molecule has 27 heavy (non-hydrogen) atoms. The molecule has 1 heterocycles. The minimum Gasteiger partial charge on any atom is -0.493 e. The fraction of sp³-hybridized carbons (Fsp3) is 0.571. The van der Waals surface area contributed by atoms with E-state index in [1.807, 2.05) is 37.8 Å². The number of fused-ring (bicyclic) bond motifs is 1. The second-order valence-electron chi connectivity index (χ2n) is 6.84. The zero-order valence-corrected chi connectivity index (χ0v) is 19.5. The highest BCUT2D eigenvalue weighted by Crippen LogP contribution is 2.51. The van der Waals surface area contributed by atoms with Crippen LogP contribution in [0.1, 0.15) is 24.3 Å². The van der Waals surface area contributed by atoms with Crippen LogP contribution in [0.3, 0.4) is 0 Å². The molecule has 0 amide bonds. The van der Waals surface area contributed by atoms with Gasteiger partial charge in [0, 0.05) is 15.0 Å². The molecule has 0 aromatic heterocycles. The second kappa shape index (κ2) is 10.7. The van der Waals surface area contributed by atoms with Crippen LogP contribution in [0.2, 0.25) is 19.6 Å². The fourth-order valence-corrected chi connectivity index (χ4v) is 6.54. The second-order valence-corrected chi connectivity index (χ2v) is 14.6. The predicted octanol–water partition coefficient (Wildman–Crippen LogP) is 4.17. The van der Waals surface area contributed by atoms with Crippen LogP contribution in [0, 0.1) is 0 Å². The Bertz CT molecular complexity index is 678. The van der Waals surface area contributed by atoms with Crippen LogP contribution < -0.4 is 4.74 Å². The van der Waals surface area contributed by atoms with Crippen molar-refractivity contribution in [1.82, 2.24) is 0 Å². The van der Waals surface area contributed by atoms with Crippen LogP contribution in [0.5, 0.6) is 5.75 Å². The van der Waals surface area contributed by atoms with Crippen LogP contribution in [0.4, 0.5) is 0 Å². The molecule has 2 unspecified atom stereocenters. The topological polar surface area (TPSA) is 134 Å². The third kappa shape index (κ3) is 8.91. The highest BCUT2D eigenvalue weighted by Gasteiger charge is 2.38.